The van der Waals surface area contributed by atoms with Gasteiger partial charge in [0.05, 0.1) is 25.4 Å². The van der Waals surface area contributed by atoms with E-state index in [2.05, 4.69) is 31.3 Å². The molecule has 0 aliphatic carbocycles. The van der Waals surface area contributed by atoms with Gasteiger partial charge in [0.15, 0.2) is 0 Å². The molecule has 0 aliphatic heterocycles. The Bertz CT molecular complexity index is 1280. The van der Waals surface area contributed by atoms with Gasteiger partial charge in [-0.1, -0.05) is 378 Å². The van der Waals surface area contributed by atoms with Crippen LogP contribution in [0.25, 0.3) is 0 Å². The molecule has 0 bridgehead atoms. The number of aliphatic hydroxyl groups is 2. The Morgan fingerprint density at radius 3 is 0.866 bits per heavy atom. The third-order valence-electron chi connectivity index (χ3n) is 17.7. The maximum Gasteiger partial charge on any atom is 0.305 e. The number of amides is 1. The van der Waals surface area contributed by atoms with Gasteiger partial charge in [0, 0.05) is 12.8 Å². The van der Waals surface area contributed by atoms with E-state index in [1.54, 1.807) is 6.08 Å². The molecule has 6 heteroatoms. The zero-order chi connectivity index (χ0) is 59.2. The largest absolute Gasteiger partial charge is 0.466 e. The Morgan fingerprint density at radius 1 is 0.329 bits per heavy atom. The summed E-state index contributed by atoms with van der Waals surface area (Å²) < 4.78 is 5.49. The number of allylic oxidation sites excluding steroid dienone is 3. The minimum absolute atomic E-state index is 0.0131. The quantitative estimate of drug-likeness (QED) is 0.0320. The van der Waals surface area contributed by atoms with E-state index >= 15 is 0 Å². The Balaban J connectivity index is 3.34. The van der Waals surface area contributed by atoms with Crippen LogP contribution in [-0.2, 0) is 14.3 Å². The number of carbonyl (C=O) groups excluding carboxylic acids is 2. The number of rotatable bonds is 71. The predicted octanol–water partition coefficient (Wildman–Crippen LogP) is 24.5. The minimum atomic E-state index is -0.842. The van der Waals surface area contributed by atoms with Crippen LogP contribution in [0.1, 0.15) is 425 Å². The van der Waals surface area contributed by atoms with Crippen LogP contribution in [0.4, 0.5) is 0 Å². The van der Waals surface area contributed by atoms with Crippen LogP contribution in [0.2, 0.25) is 0 Å². The molecule has 0 aromatic rings. The van der Waals surface area contributed by atoms with Crippen LogP contribution >= 0.6 is 0 Å². The molecule has 0 fully saturated rings. The number of unbranched alkanes of at least 4 members (excludes halogenated alkanes) is 58. The second kappa shape index (κ2) is 71.8. The van der Waals surface area contributed by atoms with Crippen molar-refractivity contribution in [2.45, 2.75) is 437 Å². The van der Waals surface area contributed by atoms with Gasteiger partial charge in [-0.3, -0.25) is 9.59 Å². The molecule has 0 aromatic carbocycles. The predicted molar refractivity (Wildman–Crippen MR) is 361 cm³/mol. The molecule has 2 unspecified atom stereocenters. The second-order valence-electron chi connectivity index (χ2n) is 26.0. The highest BCUT2D eigenvalue weighted by Crippen LogP contribution is 2.19. The first-order valence-corrected chi connectivity index (χ1v) is 37.6. The minimum Gasteiger partial charge on any atom is -0.466 e. The topological polar surface area (TPSA) is 95.9 Å². The number of ether oxygens (including phenoxy) is 1. The first-order valence-electron chi connectivity index (χ1n) is 37.6. The van der Waals surface area contributed by atoms with Crippen LogP contribution in [0.5, 0.6) is 0 Å². The highest BCUT2D eigenvalue weighted by atomic mass is 16.5. The molecule has 0 aromatic heterocycles. The number of esters is 1. The molecule has 0 heterocycles. The number of hydrogen-bond acceptors (Lipinski definition) is 5. The fourth-order valence-corrected chi connectivity index (χ4v) is 12.0. The molecule has 3 N–H and O–H groups in total. The van der Waals surface area contributed by atoms with Gasteiger partial charge in [-0.25, -0.2) is 0 Å². The summed E-state index contributed by atoms with van der Waals surface area (Å²) in [5.74, 6) is -0.0462. The fraction of sp³-hybridized carbons (Fsp3) is 0.921. The van der Waals surface area contributed by atoms with Crippen LogP contribution in [-0.4, -0.2) is 47.4 Å². The lowest BCUT2D eigenvalue weighted by atomic mass is 10.0. The molecule has 6 nitrogen and oxygen atoms in total. The van der Waals surface area contributed by atoms with Crippen molar-refractivity contribution >= 4 is 11.9 Å². The molecule has 0 saturated heterocycles. The molecule has 0 rings (SSSR count). The highest BCUT2D eigenvalue weighted by molar-refractivity contribution is 5.76. The third kappa shape index (κ3) is 67.5. The number of nitrogens with one attached hydrogen (secondary N) is 1. The number of aliphatic hydroxyl groups excluding tert-OH is 2. The number of hydrogen-bond donors (Lipinski definition) is 3. The van der Waals surface area contributed by atoms with Gasteiger partial charge in [0.1, 0.15) is 0 Å². The summed E-state index contributed by atoms with van der Waals surface area (Å²) in [7, 11) is 0. The van der Waals surface area contributed by atoms with Crippen molar-refractivity contribution < 1.29 is 24.5 Å². The number of carbonyl (C=O) groups is 2. The van der Waals surface area contributed by atoms with Crippen molar-refractivity contribution in [3.63, 3.8) is 0 Å². The summed E-state index contributed by atoms with van der Waals surface area (Å²) in [6.45, 7) is 4.94. The molecule has 486 valence electrons. The van der Waals surface area contributed by atoms with Crippen LogP contribution in [0, 0.1) is 0 Å². The molecule has 0 radical (unpaired) electrons. The van der Waals surface area contributed by atoms with Crippen molar-refractivity contribution in [1.82, 2.24) is 5.32 Å². The summed E-state index contributed by atoms with van der Waals surface area (Å²) in [6, 6.07) is -0.625. The molecule has 0 spiro atoms. The van der Waals surface area contributed by atoms with Crippen LogP contribution in [0.15, 0.2) is 24.3 Å². The average Bonchev–Trinajstić information content (AvgIpc) is 3.48. The van der Waals surface area contributed by atoms with Gasteiger partial charge >= 0.3 is 5.97 Å². The maximum absolute atomic E-state index is 12.5. The van der Waals surface area contributed by atoms with E-state index in [0.29, 0.717) is 19.4 Å². The van der Waals surface area contributed by atoms with Gasteiger partial charge in [-0.2, -0.15) is 0 Å². The van der Waals surface area contributed by atoms with Crippen molar-refractivity contribution in [1.29, 1.82) is 0 Å². The lowest BCUT2D eigenvalue weighted by molar-refractivity contribution is -0.143. The van der Waals surface area contributed by atoms with E-state index in [-0.39, 0.29) is 18.5 Å². The van der Waals surface area contributed by atoms with Crippen molar-refractivity contribution in [2.24, 2.45) is 0 Å². The Hall–Kier alpha value is -1.66. The first kappa shape index (κ1) is 80.3. The van der Waals surface area contributed by atoms with Gasteiger partial charge in [-0.05, 0) is 57.8 Å². The zero-order valence-electron chi connectivity index (χ0n) is 55.8. The molecular weight excluding hydrogens is 1010 g/mol. The zero-order valence-corrected chi connectivity index (χ0v) is 55.8. The van der Waals surface area contributed by atoms with E-state index < -0.39 is 12.1 Å². The summed E-state index contributed by atoms with van der Waals surface area (Å²) in [5.41, 5.74) is 0. The first-order chi connectivity index (χ1) is 40.5. The van der Waals surface area contributed by atoms with E-state index in [1.165, 1.54) is 353 Å². The molecule has 0 aliphatic rings. The van der Waals surface area contributed by atoms with Crippen molar-refractivity contribution in [3.05, 3.63) is 24.3 Å². The summed E-state index contributed by atoms with van der Waals surface area (Å²) in [6.07, 6.45) is 91.4. The van der Waals surface area contributed by atoms with E-state index in [4.69, 9.17) is 4.74 Å². The normalized spacial score (nSPS) is 12.6. The van der Waals surface area contributed by atoms with Gasteiger partial charge in [0.2, 0.25) is 5.91 Å². The molecule has 1 amide bonds. The van der Waals surface area contributed by atoms with Crippen molar-refractivity contribution in [2.75, 3.05) is 13.2 Å². The standard InChI is InChI=1S/C76H147NO5/c1-3-5-7-9-11-13-15-17-19-20-35-38-41-44-48-52-56-60-64-68-74(79)73(72-78)77-75(80)69-65-61-57-53-49-45-42-39-36-33-31-29-27-25-23-21-22-24-26-28-30-32-34-37-40-43-47-51-55-59-63-67-71-82-76(81)70-66-62-58-54-50-46-18-16-14-12-10-8-6-4-2/h16,18,64,68,73-74,78-79H,3-15,17,19-63,65-67,69-72H2,1-2H3,(H,77,80)/b18-16-,68-64+. The summed E-state index contributed by atoms with van der Waals surface area (Å²) in [4.78, 5) is 24.6. The van der Waals surface area contributed by atoms with Gasteiger partial charge in [-0.15, -0.1) is 0 Å². The fourth-order valence-electron chi connectivity index (χ4n) is 12.0. The Kier molecular flexibility index (Phi) is 70.4. The van der Waals surface area contributed by atoms with Crippen LogP contribution in [0.3, 0.4) is 0 Å². The third-order valence-corrected chi connectivity index (χ3v) is 17.7. The van der Waals surface area contributed by atoms with E-state index in [0.717, 1.165) is 44.9 Å². The smallest absolute Gasteiger partial charge is 0.305 e. The highest BCUT2D eigenvalue weighted by Gasteiger charge is 2.18. The molecule has 0 saturated carbocycles. The van der Waals surface area contributed by atoms with Gasteiger partial charge in [0.25, 0.3) is 0 Å². The lowest BCUT2D eigenvalue weighted by Gasteiger charge is -2.20. The maximum atomic E-state index is 12.5. The van der Waals surface area contributed by atoms with Gasteiger partial charge < -0.3 is 20.3 Å². The molecule has 2 atom stereocenters. The Labute approximate surface area is 513 Å². The van der Waals surface area contributed by atoms with Crippen LogP contribution < -0.4 is 5.32 Å². The summed E-state index contributed by atoms with van der Waals surface area (Å²) in [5, 5.41) is 23.2. The monoisotopic (exact) mass is 1150 g/mol. The molecular formula is C76H147NO5. The second-order valence-corrected chi connectivity index (χ2v) is 26.0. The SMILES string of the molecule is CCCCCCC/C=C\CCCCCCCC(=O)OCCCCCCCCCCCCCCCCCCCCCCCCCCCCCCCCCCC(=O)NC(CO)C(O)/C=C/CCCCCCCCCCCCCCCCCCC. The average molecular weight is 1160 g/mol. The van der Waals surface area contributed by atoms with E-state index in [1.807, 2.05) is 6.08 Å². The van der Waals surface area contributed by atoms with E-state index in [9.17, 15) is 19.8 Å². The Morgan fingerprint density at radius 2 is 0.573 bits per heavy atom. The summed E-state index contributed by atoms with van der Waals surface area (Å²) >= 11 is 0. The molecule has 82 heavy (non-hydrogen) atoms. The van der Waals surface area contributed by atoms with Crippen molar-refractivity contribution in [3.8, 4) is 0 Å². The lowest BCUT2D eigenvalue weighted by Crippen LogP contribution is -2.45.